The van der Waals surface area contributed by atoms with E-state index in [2.05, 4.69) is 88.4 Å². The Balaban J connectivity index is 2.67. The van der Waals surface area contributed by atoms with Crippen molar-refractivity contribution in [3.63, 3.8) is 0 Å². The van der Waals surface area contributed by atoms with Crippen molar-refractivity contribution in [3.8, 4) is 0 Å². The third-order valence-electron chi connectivity index (χ3n) is 4.33. The van der Waals surface area contributed by atoms with Gasteiger partial charge in [-0.15, -0.1) is 0 Å². The van der Waals surface area contributed by atoms with Crippen LogP contribution in [0.2, 0.25) is 0 Å². The number of rotatable bonds is 8. The molecule has 0 N–H and O–H groups in total. The van der Waals surface area contributed by atoms with Crippen LogP contribution in [0.1, 0.15) is 27.7 Å². The van der Waals surface area contributed by atoms with Crippen molar-refractivity contribution in [1.82, 2.24) is 0 Å². The third kappa shape index (κ3) is 3.66. The van der Waals surface area contributed by atoms with Crippen molar-refractivity contribution in [1.29, 1.82) is 0 Å². The molecule has 2 nitrogen and oxygen atoms in total. The molecule has 0 fully saturated rings. The summed E-state index contributed by atoms with van der Waals surface area (Å²) in [6.45, 7) is 9.95. The maximum Gasteiger partial charge on any atom is 0.176 e. The quantitative estimate of drug-likeness (QED) is 0.667. The van der Waals surface area contributed by atoms with Gasteiger partial charge >= 0.3 is 0 Å². The van der Waals surface area contributed by atoms with E-state index in [4.69, 9.17) is 9.47 Å². The summed E-state index contributed by atoms with van der Waals surface area (Å²) in [5.74, 6) is 0.220. The fraction of sp³-hybridized carbons (Fsp3) is 0.400. The summed E-state index contributed by atoms with van der Waals surface area (Å²) in [5.41, 5.74) is 0. The lowest BCUT2D eigenvalue weighted by atomic mass is 10.4. The van der Waals surface area contributed by atoms with E-state index in [1.165, 1.54) is 10.6 Å². The van der Waals surface area contributed by atoms with Gasteiger partial charge in [0.05, 0.1) is 0 Å². The minimum Gasteiger partial charge on any atom is -0.343 e. The standard InChI is InChI=1S/C20H28O2P/c1-5-21-17(3)23(18(4)22-6-2,19-13-9-7-10-14-19)20-15-11-8-12-16-20/h7-18H,5-6H2,1-4H3/q+1. The van der Waals surface area contributed by atoms with E-state index in [-0.39, 0.29) is 11.7 Å². The Morgan fingerprint density at radius 3 is 1.35 bits per heavy atom. The van der Waals surface area contributed by atoms with Crippen LogP contribution in [0.25, 0.3) is 0 Å². The number of hydrogen-bond acceptors (Lipinski definition) is 2. The Morgan fingerprint density at radius 1 is 0.696 bits per heavy atom. The van der Waals surface area contributed by atoms with E-state index in [0.29, 0.717) is 13.2 Å². The second kappa shape index (κ2) is 8.59. The summed E-state index contributed by atoms with van der Waals surface area (Å²) >= 11 is 0. The molecule has 2 aromatic rings. The van der Waals surface area contributed by atoms with E-state index >= 15 is 0 Å². The lowest BCUT2D eigenvalue weighted by molar-refractivity contribution is 0.107. The molecular formula is C20H28O2P+. The van der Waals surface area contributed by atoms with Crippen molar-refractivity contribution in [2.24, 2.45) is 0 Å². The van der Waals surface area contributed by atoms with Crippen molar-refractivity contribution in [2.45, 2.75) is 39.4 Å². The molecule has 2 atom stereocenters. The second-order valence-corrected chi connectivity index (χ2v) is 9.60. The lowest BCUT2D eigenvalue weighted by Crippen LogP contribution is -2.39. The highest BCUT2D eigenvalue weighted by molar-refractivity contribution is 7.90. The molecule has 0 radical (unpaired) electrons. The lowest BCUT2D eigenvalue weighted by Gasteiger charge is -2.36. The highest BCUT2D eigenvalue weighted by Gasteiger charge is 2.54. The second-order valence-electron chi connectivity index (χ2n) is 5.56. The van der Waals surface area contributed by atoms with Crippen LogP contribution < -0.4 is 10.6 Å². The predicted octanol–water partition coefficient (Wildman–Crippen LogP) is 4.42. The van der Waals surface area contributed by atoms with Crippen molar-refractivity contribution in [2.75, 3.05) is 13.2 Å². The van der Waals surface area contributed by atoms with Gasteiger partial charge in [0, 0.05) is 13.2 Å². The molecule has 0 aliphatic rings. The summed E-state index contributed by atoms with van der Waals surface area (Å²) in [6.07, 6.45) is 0. The molecule has 3 heteroatoms. The van der Waals surface area contributed by atoms with Gasteiger partial charge < -0.3 is 9.47 Å². The SMILES string of the molecule is CCOC(C)[P+](c1ccccc1)(c1ccccc1)C(C)OCC. The summed E-state index contributed by atoms with van der Waals surface area (Å²) in [5, 5.41) is 2.68. The van der Waals surface area contributed by atoms with Gasteiger partial charge in [-0.05, 0) is 52.0 Å². The Hall–Kier alpha value is -1.21. The Labute approximate surface area is 141 Å². The van der Waals surface area contributed by atoms with Crippen LogP contribution in [0.4, 0.5) is 0 Å². The van der Waals surface area contributed by atoms with Crippen LogP contribution in [-0.4, -0.2) is 24.9 Å². The molecule has 0 aromatic heterocycles. The fourth-order valence-corrected chi connectivity index (χ4v) is 8.02. The number of ether oxygens (including phenoxy) is 2. The predicted molar refractivity (Wildman–Crippen MR) is 101 cm³/mol. The van der Waals surface area contributed by atoms with Gasteiger partial charge in [0.1, 0.15) is 17.9 Å². The normalized spacial score (nSPS) is 14.4. The van der Waals surface area contributed by atoms with Crippen LogP contribution in [0.15, 0.2) is 60.7 Å². The smallest absolute Gasteiger partial charge is 0.176 e. The van der Waals surface area contributed by atoms with E-state index in [9.17, 15) is 0 Å². The summed E-state index contributed by atoms with van der Waals surface area (Å²) in [7, 11) is -1.86. The van der Waals surface area contributed by atoms with Crippen LogP contribution >= 0.6 is 7.26 Å². The van der Waals surface area contributed by atoms with E-state index < -0.39 is 7.26 Å². The van der Waals surface area contributed by atoms with Crippen molar-refractivity contribution in [3.05, 3.63) is 60.7 Å². The maximum absolute atomic E-state index is 6.15. The topological polar surface area (TPSA) is 18.5 Å². The number of hydrogen-bond donors (Lipinski definition) is 0. The van der Waals surface area contributed by atoms with Gasteiger partial charge in [0.25, 0.3) is 0 Å². The first-order valence-electron chi connectivity index (χ1n) is 8.40. The summed E-state index contributed by atoms with van der Waals surface area (Å²) in [4.78, 5) is 0. The van der Waals surface area contributed by atoms with Gasteiger partial charge in [-0.3, -0.25) is 0 Å². The van der Waals surface area contributed by atoms with Gasteiger partial charge in [0.15, 0.2) is 11.7 Å². The zero-order valence-electron chi connectivity index (χ0n) is 14.6. The summed E-state index contributed by atoms with van der Waals surface area (Å²) in [6, 6.07) is 21.5. The van der Waals surface area contributed by atoms with Crippen molar-refractivity contribution >= 4 is 17.9 Å². The van der Waals surface area contributed by atoms with Crippen LogP contribution in [-0.2, 0) is 9.47 Å². The first-order valence-corrected chi connectivity index (χ1v) is 10.3. The minimum atomic E-state index is -1.86. The zero-order chi connectivity index (χ0) is 16.7. The van der Waals surface area contributed by atoms with E-state index in [0.717, 1.165) is 0 Å². The largest absolute Gasteiger partial charge is 0.343 e. The zero-order valence-corrected chi connectivity index (χ0v) is 15.5. The third-order valence-corrected chi connectivity index (χ3v) is 9.23. The molecule has 0 amide bonds. The maximum atomic E-state index is 6.15. The van der Waals surface area contributed by atoms with Gasteiger partial charge in [0.2, 0.25) is 0 Å². The molecule has 2 rings (SSSR count). The van der Waals surface area contributed by atoms with E-state index in [1.54, 1.807) is 0 Å². The van der Waals surface area contributed by atoms with Gasteiger partial charge in [-0.1, -0.05) is 36.4 Å². The Bertz CT molecular complexity index is 517. The molecule has 2 unspecified atom stereocenters. The molecule has 2 aromatic carbocycles. The van der Waals surface area contributed by atoms with Gasteiger partial charge in [-0.2, -0.15) is 0 Å². The fourth-order valence-electron chi connectivity index (χ4n) is 3.35. The minimum absolute atomic E-state index is 0.110. The molecule has 0 saturated heterocycles. The average Bonchev–Trinajstić information content (AvgIpc) is 2.58. The van der Waals surface area contributed by atoms with Crippen LogP contribution in [0.5, 0.6) is 0 Å². The molecule has 0 heterocycles. The Morgan fingerprint density at radius 2 is 1.04 bits per heavy atom. The van der Waals surface area contributed by atoms with E-state index in [1.807, 2.05) is 0 Å². The highest BCUT2D eigenvalue weighted by atomic mass is 31.2. The first kappa shape index (κ1) is 18.1. The van der Waals surface area contributed by atoms with Crippen molar-refractivity contribution < 1.29 is 9.47 Å². The molecule has 124 valence electrons. The molecule has 0 saturated carbocycles. The number of benzene rings is 2. The molecule has 23 heavy (non-hydrogen) atoms. The molecular weight excluding hydrogens is 303 g/mol. The highest BCUT2D eigenvalue weighted by Crippen LogP contribution is 2.65. The van der Waals surface area contributed by atoms with Crippen LogP contribution in [0, 0.1) is 0 Å². The van der Waals surface area contributed by atoms with Crippen LogP contribution in [0.3, 0.4) is 0 Å². The van der Waals surface area contributed by atoms with Gasteiger partial charge in [-0.25, -0.2) is 0 Å². The monoisotopic (exact) mass is 331 g/mol. The summed E-state index contributed by atoms with van der Waals surface area (Å²) < 4.78 is 12.3. The molecule has 0 aliphatic heterocycles. The molecule has 0 aliphatic carbocycles. The first-order chi connectivity index (χ1) is 11.2. The average molecular weight is 331 g/mol. The molecule has 0 spiro atoms. The molecule has 0 bridgehead atoms. The Kier molecular flexibility index (Phi) is 6.77.